The molecule has 0 bridgehead atoms. The second-order valence-electron chi connectivity index (χ2n) is 3.85. The van der Waals surface area contributed by atoms with E-state index in [1.165, 1.54) is 25.6 Å². The number of carboxylic acid groups (broad SMARTS) is 1. The van der Waals surface area contributed by atoms with Gasteiger partial charge in [0.15, 0.2) is 11.5 Å². The van der Waals surface area contributed by atoms with Crippen molar-refractivity contribution in [3.8, 4) is 17.2 Å². The van der Waals surface area contributed by atoms with Gasteiger partial charge in [0.1, 0.15) is 0 Å². The van der Waals surface area contributed by atoms with Gasteiger partial charge in [-0.2, -0.15) is 0 Å². The van der Waals surface area contributed by atoms with Gasteiger partial charge in [-0.3, -0.25) is 4.79 Å². The third kappa shape index (κ3) is 2.31. The summed E-state index contributed by atoms with van der Waals surface area (Å²) < 4.78 is 16.8. The first-order chi connectivity index (χ1) is 9.12. The molecule has 1 heterocycles. The zero-order valence-corrected chi connectivity index (χ0v) is 11.7. The van der Waals surface area contributed by atoms with E-state index in [0.29, 0.717) is 17.2 Å². The van der Waals surface area contributed by atoms with E-state index in [0.717, 1.165) is 15.6 Å². The van der Waals surface area contributed by atoms with Gasteiger partial charge in [-0.05, 0) is 17.0 Å². The van der Waals surface area contributed by atoms with Gasteiger partial charge >= 0.3 is 5.97 Å². The van der Waals surface area contributed by atoms with Crippen molar-refractivity contribution >= 4 is 27.4 Å². The second-order valence-corrected chi connectivity index (χ2v) is 4.73. The summed E-state index contributed by atoms with van der Waals surface area (Å²) >= 11 is 1.43. The number of thiophene rings is 1. The van der Waals surface area contributed by atoms with Crippen molar-refractivity contribution in [3.05, 3.63) is 17.0 Å². The van der Waals surface area contributed by atoms with Crippen LogP contribution in [0.3, 0.4) is 0 Å². The molecule has 0 spiro atoms. The van der Waals surface area contributed by atoms with E-state index in [4.69, 9.17) is 19.3 Å². The van der Waals surface area contributed by atoms with Crippen LogP contribution in [-0.2, 0) is 11.2 Å². The lowest BCUT2D eigenvalue weighted by atomic mass is 10.1. The van der Waals surface area contributed by atoms with Crippen molar-refractivity contribution in [3.63, 3.8) is 0 Å². The van der Waals surface area contributed by atoms with Gasteiger partial charge in [-0.25, -0.2) is 0 Å². The molecule has 2 rings (SSSR count). The van der Waals surface area contributed by atoms with Gasteiger partial charge in [-0.1, -0.05) is 0 Å². The van der Waals surface area contributed by atoms with Gasteiger partial charge in [-0.15, -0.1) is 11.3 Å². The maximum Gasteiger partial charge on any atom is 0.307 e. The van der Waals surface area contributed by atoms with E-state index >= 15 is 0 Å². The van der Waals surface area contributed by atoms with Crippen LogP contribution < -0.4 is 14.2 Å². The second kappa shape index (κ2) is 5.36. The van der Waals surface area contributed by atoms with Crippen LogP contribution in [0.25, 0.3) is 10.1 Å². The molecule has 0 radical (unpaired) electrons. The maximum atomic E-state index is 10.9. The van der Waals surface area contributed by atoms with E-state index < -0.39 is 5.97 Å². The zero-order chi connectivity index (χ0) is 14.0. The van der Waals surface area contributed by atoms with Gasteiger partial charge in [0.2, 0.25) is 5.75 Å². The summed E-state index contributed by atoms with van der Waals surface area (Å²) in [6, 6.07) is 1.78. The highest BCUT2D eigenvalue weighted by molar-refractivity contribution is 7.17. The Labute approximate surface area is 114 Å². The molecule has 0 amide bonds. The summed E-state index contributed by atoms with van der Waals surface area (Å²) in [6.45, 7) is 0. The lowest BCUT2D eigenvalue weighted by Crippen LogP contribution is -1.99. The van der Waals surface area contributed by atoms with Gasteiger partial charge in [0.25, 0.3) is 0 Å². The lowest BCUT2D eigenvalue weighted by Gasteiger charge is -2.13. The predicted molar refractivity (Wildman–Crippen MR) is 72.8 cm³/mol. The Morgan fingerprint density at radius 3 is 2.42 bits per heavy atom. The smallest absolute Gasteiger partial charge is 0.307 e. The van der Waals surface area contributed by atoms with E-state index in [2.05, 4.69) is 0 Å². The summed E-state index contributed by atoms with van der Waals surface area (Å²) in [7, 11) is 4.62. The Kier molecular flexibility index (Phi) is 3.80. The number of carboxylic acids is 1. The molecule has 5 nitrogen and oxygen atoms in total. The Bertz CT molecular complexity index is 617. The fraction of sp³-hybridized carbons (Fsp3) is 0.308. The maximum absolute atomic E-state index is 10.9. The molecule has 1 aromatic carbocycles. The van der Waals surface area contributed by atoms with Crippen molar-refractivity contribution in [1.29, 1.82) is 0 Å². The normalized spacial score (nSPS) is 10.5. The molecule has 2 aromatic rings. The van der Waals surface area contributed by atoms with Crippen molar-refractivity contribution in [2.24, 2.45) is 0 Å². The summed E-state index contributed by atoms with van der Waals surface area (Å²) in [6.07, 6.45) is -0.0291. The quantitative estimate of drug-likeness (QED) is 0.913. The largest absolute Gasteiger partial charge is 0.493 e. The Balaban J connectivity index is 2.71. The van der Waals surface area contributed by atoms with Crippen LogP contribution in [0.2, 0.25) is 0 Å². The number of hydrogen-bond donors (Lipinski definition) is 1. The number of aliphatic carboxylic acids is 1. The van der Waals surface area contributed by atoms with Crippen LogP contribution in [0.5, 0.6) is 17.2 Å². The molecule has 1 N–H and O–H groups in total. The van der Waals surface area contributed by atoms with Crippen molar-refractivity contribution in [2.45, 2.75) is 6.42 Å². The molecule has 0 aliphatic carbocycles. The minimum atomic E-state index is -0.867. The number of hydrogen-bond acceptors (Lipinski definition) is 5. The number of carbonyl (C=O) groups is 1. The first-order valence-corrected chi connectivity index (χ1v) is 6.41. The van der Waals surface area contributed by atoms with Crippen molar-refractivity contribution < 1.29 is 24.1 Å². The van der Waals surface area contributed by atoms with E-state index in [-0.39, 0.29) is 6.42 Å². The summed E-state index contributed by atoms with van der Waals surface area (Å²) in [5.41, 5.74) is 0.742. The van der Waals surface area contributed by atoms with Crippen LogP contribution in [0.4, 0.5) is 0 Å². The predicted octanol–water partition coefficient (Wildman–Crippen LogP) is 2.55. The molecule has 0 unspecified atom stereocenters. The molecular weight excluding hydrogens is 268 g/mol. The fourth-order valence-electron chi connectivity index (χ4n) is 1.98. The summed E-state index contributed by atoms with van der Waals surface area (Å²) in [4.78, 5) is 10.9. The molecular formula is C13H14O5S. The Hall–Kier alpha value is -1.95. The SMILES string of the molecule is COc1cc2c(CC(=O)O)csc2c(OC)c1OC. The Morgan fingerprint density at radius 2 is 1.89 bits per heavy atom. The molecule has 0 aliphatic rings. The van der Waals surface area contributed by atoms with Crippen LogP contribution >= 0.6 is 11.3 Å². The highest BCUT2D eigenvalue weighted by Gasteiger charge is 2.19. The molecule has 1 aromatic heterocycles. The van der Waals surface area contributed by atoms with E-state index in [9.17, 15) is 4.79 Å². The first kappa shape index (κ1) is 13.5. The monoisotopic (exact) mass is 282 g/mol. The topological polar surface area (TPSA) is 65.0 Å². The number of benzene rings is 1. The minimum Gasteiger partial charge on any atom is -0.493 e. The van der Waals surface area contributed by atoms with Gasteiger partial charge in [0.05, 0.1) is 32.5 Å². The third-order valence-corrected chi connectivity index (χ3v) is 3.83. The molecule has 0 saturated carbocycles. The fourth-order valence-corrected chi connectivity index (χ4v) is 3.05. The Morgan fingerprint density at radius 1 is 1.21 bits per heavy atom. The lowest BCUT2D eigenvalue weighted by molar-refractivity contribution is -0.136. The number of fused-ring (bicyclic) bond motifs is 1. The van der Waals surface area contributed by atoms with Crippen LogP contribution in [0.15, 0.2) is 11.4 Å². The molecule has 6 heteroatoms. The molecule has 0 aliphatic heterocycles. The highest BCUT2D eigenvalue weighted by Crippen LogP contribution is 2.46. The average molecular weight is 282 g/mol. The standard InChI is InChI=1S/C13H14O5S/c1-16-9-5-8-7(4-10(14)15)6-19-13(8)12(18-3)11(9)17-2/h5-6H,4H2,1-3H3,(H,14,15). The minimum absolute atomic E-state index is 0.0291. The number of rotatable bonds is 5. The molecule has 0 atom stereocenters. The average Bonchev–Trinajstić information content (AvgIpc) is 2.78. The molecule has 0 fully saturated rings. The molecule has 102 valence electrons. The number of ether oxygens (including phenoxy) is 3. The van der Waals surface area contributed by atoms with Gasteiger partial charge in [0, 0.05) is 5.39 Å². The van der Waals surface area contributed by atoms with Crippen LogP contribution in [0, 0.1) is 0 Å². The van der Waals surface area contributed by atoms with E-state index in [1.807, 2.05) is 5.38 Å². The van der Waals surface area contributed by atoms with Gasteiger partial charge < -0.3 is 19.3 Å². The zero-order valence-electron chi connectivity index (χ0n) is 10.9. The highest BCUT2D eigenvalue weighted by atomic mass is 32.1. The molecule has 0 saturated heterocycles. The van der Waals surface area contributed by atoms with E-state index in [1.54, 1.807) is 13.2 Å². The van der Waals surface area contributed by atoms with Crippen molar-refractivity contribution in [1.82, 2.24) is 0 Å². The summed E-state index contributed by atoms with van der Waals surface area (Å²) in [5.74, 6) is 0.741. The molecule has 19 heavy (non-hydrogen) atoms. The summed E-state index contributed by atoms with van der Waals surface area (Å²) in [5, 5.41) is 11.6. The van der Waals surface area contributed by atoms with Crippen molar-refractivity contribution in [2.75, 3.05) is 21.3 Å². The van der Waals surface area contributed by atoms with Crippen LogP contribution in [-0.4, -0.2) is 32.4 Å². The third-order valence-electron chi connectivity index (χ3n) is 2.79. The van der Waals surface area contributed by atoms with Crippen LogP contribution in [0.1, 0.15) is 5.56 Å². The first-order valence-electron chi connectivity index (χ1n) is 5.53. The number of methoxy groups -OCH3 is 3.